The van der Waals surface area contributed by atoms with Crippen molar-refractivity contribution in [3.8, 4) is 0 Å². The molecule has 1 heterocycles. The van der Waals surface area contributed by atoms with Gasteiger partial charge in [0, 0.05) is 31.7 Å². The Bertz CT molecular complexity index is 309. The molecule has 2 atom stereocenters. The van der Waals surface area contributed by atoms with Gasteiger partial charge in [0.05, 0.1) is 6.26 Å². The van der Waals surface area contributed by atoms with Crippen molar-refractivity contribution in [1.29, 1.82) is 0 Å². The normalized spacial score (nSPS) is 14.8. The lowest BCUT2D eigenvalue weighted by Crippen LogP contribution is -2.28. The van der Waals surface area contributed by atoms with Crippen LogP contribution in [0.1, 0.15) is 44.6 Å². The van der Waals surface area contributed by atoms with E-state index in [2.05, 4.69) is 32.2 Å². The van der Waals surface area contributed by atoms with Gasteiger partial charge in [0.25, 0.3) is 0 Å². The highest BCUT2D eigenvalue weighted by Gasteiger charge is 2.22. The van der Waals surface area contributed by atoms with Crippen molar-refractivity contribution < 1.29 is 9.15 Å². The van der Waals surface area contributed by atoms with Crippen LogP contribution in [-0.2, 0) is 11.2 Å². The largest absolute Gasteiger partial charge is 0.469 e. The van der Waals surface area contributed by atoms with E-state index in [-0.39, 0.29) is 0 Å². The zero-order valence-electron chi connectivity index (χ0n) is 11.5. The first-order valence-corrected chi connectivity index (χ1v) is 6.53. The third kappa shape index (κ3) is 3.86. The number of methoxy groups -OCH3 is 1. The van der Waals surface area contributed by atoms with Gasteiger partial charge in [0.2, 0.25) is 0 Å². The van der Waals surface area contributed by atoms with Gasteiger partial charge in [-0.2, -0.15) is 0 Å². The monoisotopic (exact) mass is 239 g/mol. The van der Waals surface area contributed by atoms with Gasteiger partial charge in [-0.25, -0.2) is 0 Å². The Labute approximate surface area is 105 Å². The summed E-state index contributed by atoms with van der Waals surface area (Å²) in [5.41, 5.74) is 1.30. The van der Waals surface area contributed by atoms with Crippen molar-refractivity contribution in [3.63, 3.8) is 0 Å². The maximum Gasteiger partial charge on any atom is 0.108 e. The number of hydrogen-bond acceptors (Lipinski definition) is 3. The standard InChI is InChI=1S/C14H25NO2/c1-5-13-12(8-10-17-13)14(15-6-2)11(3)7-9-16-4/h8,10-11,14-15H,5-7,9H2,1-4H3. The molecule has 0 saturated carbocycles. The molecule has 98 valence electrons. The number of furan rings is 1. The topological polar surface area (TPSA) is 34.4 Å². The fourth-order valence-electron chi connectivity index (χ4n) is 2.22. The first-order chi connectivity index (χ1) is 8.24. The average Bonchev–Trinajstić information content (AvgIpc) is 2.80. The Morgan fingerprint density at radius 2 is 2.18 bits per heavy atom. The van der Waals surface area contributed by atoms with Gasteiger partial charge in [-0.05, 0) is 24.9 Å². The summed E-state index contributed by atoms with van der Waals surface area (Å²) >= 11 is 0. The lowest BCUT2D eigenvalue weighted by molar-refractivity contribution is 0.170. The molecule has 1 aromatic rings. The van der Waals surface area contributed by atoms with Gasteiger partial charge in [-0.3, -0.25) is 0 Å². The zero-order chi connectivity index (χ0) is 12.7. The number of ether oxygens (including phenoxy) is 1. The van der Waals surface area contributed by atoms with Crippen LogP contribution in [0.25, 0.3) is 0 Å². The molecule has 0 aromatic carbocycles. The Balaban J connectivity index is 2.77. The van der Waals surface area contributed by atoms with Crippen molar-refractivity contribution in [2.75, 3.05) is 20.3 Å². The van der Waals surface area contributed by atoms with Crippen LogP contribution in [0, 0.1) is 5.92 Å². The molecule has 3 heteroatoms. The summed E-state index contributed by atoms with van der Waals surface area (Å²) in [5.74, 6) is 1.64. The second-order valence-electron chi connectivity index (χ2n) is 4.45. The Kier molecular flexibility index (Phi) is 6.30. The van der Waals surface area contributed by atoms with E-state index in [4.69, 9.17) is 9.15 Å². The van der Waals surface area contributed by atoms with Crippen LogP contribution in [0.2, 0.25) is 0 Å². The number of rotatable bonds is 8. The minimum Gasteiger partial charge on any atom is -0.469 e. The Morgan fingerprint density at radius 3 is 2.76 bits per heavy atom. The van der Waals surface area contributed by atoms with Crippen LogP contribution in [0.4, 0.5) is 0 Å². The minimum absolute atomic E-state index is 0.365. The quantitative estimate of drug-likeness (QED) is 0.756. The number of nitrogens with one attached hydrogen (secondary N) is 1. The summed E-state index contributed by atoms with van der Waals surface area (Å²) in [4.78, 5) is 0. The molecule has 0 fully saturated rings. The highest BCUT2D eigenvalue weighted by Crippen LogP contribution is 2.28. The molecule has 3 nitrogen and oxygen atoms in total. The predicted octanol–water partition coefficient (Wildman–Crippen LogP) is 3.17. The van der Waals surface area contributed by atoms with E-state index in [1.807, 2.05) is 0 Å². The van der Waals surface area contributed by atoms with Crippen molar-refractivity contribution in [1.82, 2.24) is 5.32 Å². The van der Waals surface area contributed by atoms with E-state index in [1.54, 1.807) is 13.4 Å². The van der Waals surface area contributed by atoms with Gasteiger partial charge in [-0.1, -0.05) is 20.8 Å². The molecule has 2 unspecified atom stereocenters. The van der Waals surface area contributed by atoms with Crippen molar-refractivity contribution in [2.45, 2.75) is 39.7 Å². The molecule has 17 heavy (non-hydrogen) atoms. The fraction of sp³-hybridized carbons (Fsp3) is 0.714. The van der Waals surface area contributed by atoms with Crippen LogP contribution in [0.15, 0.2) is 16.7 Å². The van der Waals surface area contributed by atoms with Crippen LogP contribution in [0.3, 0.4) is 0 Å². The van der Waals surface area contributed by atoms with Crippen LogP contribution in [0.5, 0.6) is 0 Å². The SMILES string of the molecule is CCNC(c1ccoc1CC)C(C)CCOC. The minimum atomic E-state index is 0.365. The number of hydrogen-bond donors (Lipinski definition) is 1. The van der Waals surface area contributed by atoms with Crippen LogP contribution >= 0.6 is 0 Å². The van der Waals surface area contributed by atoms with E-state index >= 15 is 0 Å². The van der Waals surface area contributed by atoms with Crippen molar-refractivity contribution in [2.24, 2.45) is 5.92 Å². The van der Waals surface area contributed by atoms with E-state index < -0.39 is 0 Å². The smallest absolute Gasteiger partial charge is 0.108 e. The van der Waals surface area contributed by atoms with Crippen molar-refractivity contribution >= 4 is 0 Å². The molecular weight excluding hydrogens is 214 g/mol. The first kappa shape index (κ1) is 14.3. The van der Waals surface area contributed by atoms with Gasteiger partial charge in [0.15, 0.2) is 0 Å². The highest BCUT2D eigenvalue weighted by molar-refractivity contribution is 5.22. The molecule has 0 amide bonds. The summed E-state index contributed by atoms with van der Waals surface area (Å²) in [5, 5.41) is 3.55. The summed E-state index contributed by atoms with van der Waals surface area (Å²) in [7, 11) is 1.75. The average molecular weight is 239 g/mol. The molecule has 0 aliphatic carbocycles. The number of aryl methyl sites for hydroxylation is 1. The van der Waals surface area contributed by atoms with Gasteiger partial charge < -0.3 is 14.5 Å². The Hall–Kier alpha value is -0.800. The van der Waals surface area contributed by atoms with Crippen molar-refractivity contribution in [3.05, 3.63) is 23.7 Å². The summed E-state index contributed by atoms with van der Waals surface area (Å²) in [6, 6.07) is 2.46. The maximum atomic E-state index is 5.52. The second kappa shape index (κ2) is 7.51. The summed E-state index contributed by atoms with van der Waals surface area (Å²) < 4.78 is 10.7. The van der Waals surface area contributed by atoms with Gasteiger partial charge in [0.1, 0.15) is 5.76 Å². The summed E-state index contributed by atoms with van der Waals surface area (Å²) in [6.45, 7) is 8.31. The van der Waals surface area contributed by atoms with E-state index in [0.29, 0.717) is 12.0 Å². The molecule has 0 spiro atoms. The summed E-state index contributed by atoms with van der Waals surface area (Å²) in [6.07, 6.45) is 3.80. The molecular formula is C14H25NO2. The van der Waals surface area contributed by atoms with E-state index in [9.17, 15) is 0 Å². The van der Waals surface area contributed by atoms with Gasteiger partial charge >= 0.3 is 0 Å². The van der Waals surface area contributed by atoms with E-state index in [1.165, 1.54) is 5.56 Å². The predicted molar refractivity (Wildman–Crippen MR) is 70.2 cm³/mol. The fourth-order valence-corrected chi connectivity index (χ4v) is 2.22. The molecule has 0 saturated heterocycles. The Morgan fingerprint density at radius 1 is 1.41 bits per heavy atom. The van der Waals surface area contributed by atoms with Crippen LogP contribution in [-0.4, -0.2) is 20.3 Å². The highest BCUT2D eigenvalue weighted by atomic mass is 16.5. The van der Waals surface area contributed by atoms with Gasteiger partial charge in [-0.15, -0.1) is 0 Å². The molecule has 0 aliphatic rings. The lowest BCUT2D eigenvalue weighted by Gasteiger charge is -2.24. The molecule has 0 radical (unpaired) electrons. The third-order valence-corrected chi connectivity index (χ3v) is 3.21. The molecule has 1 N–H and O–H groups in total. The molecule has 0 aliphatic heterocycles. The molecule has 1 rings (SSSR count). The lowest BCUT2D eigenvalue weighted by atomic mass is 9.91. The maximum absolute atomic E-state index is 5.52. The third-order valence-electron chi connectivity index (χ3n) is 3.21. The molecule has 1 aromatic heterocycles. The first-order valence-electron chi connectivity index (χ1n) is 6.53. The second-order valence-corrected chi connectivity index (χ2v) is 4.45. The molecule has 0 bridgehead atoms. The zero-order valence-corrected chi connectivity index (χ0v) is 11.5. The van der Waals surface area contributed by atoms with E-state index in [0.717, 1.165) is 31.8 Å². The van der Waals surface area contributed by atoms with Crippen LogP contribution < -0.4 is 5.32 Å².